The minimum Gasteiger partial charge on any atom is -0.496 e. The van der Waals surface area contributed by atoms with Gasteiger partial charge in [-0.05, 0) is 38.7 Å². The number of halogens is 1. The molecule has 3 fully saturated rings. The van der Waals surface area contributed by atoms with Crippen molar-refractivity contribution in [3.8, 4) is 5.75 Å². The summed E-state index contributed by atoms with van der Waals surface area (Å²) < 4.78 is 17.5. The van der Waals surface area contributed by atoms with E-state index in [0.717, 1.165) is 76.8 Å². The van der Waals surface area contributed by atoms with Gasteiger partial charge in [-0.1, -0.05) is 18.2 Å². The van der Waals surface area contributed by atoms with Crippen molar-refractivity contribution in [2.45, 2.75) is 50.2 Å². The van der Waals surface area contributed by atoms with Gasteiger partial charge in [0.05, 0.1) is 26.4 Å². The van der Waals surface area contributed by atoms with Gasteiger partial charge in [0.15, 0.2) is 5.96 Å². The third-order valence-corrected chi connectivity index (χ3v) is 6.17. The van der Waals surface area contributed by atoms with Crippen molar-refractivity contribution in [3.63, 3.8) is 0 Å². The molecule has 162 valence electrons. The van der Waals surface area contributed by atoms with Crippen LogP contribution >= 0.6 is 24.0 Å². The lowest BCUT2D eigenvalue weighted by Gasteiger charge is -2.37. The average Bonchev–Trinajstić information content (AvgIpc) is 3.33. The van der Waals surface area contributed by atoms with Crippen LogP contribution in [0.4, 0.5) is 0 Å². The largest absolute Gasteiger partial charge is 0.496 e. The van der Waals surface area contributed by atoms with Gasteiger partial charge in [0.2, 0.25) is 0 Å². The predicted octanol–water partition coefficient (Wildman–Crippen LogP) is 3.19. The number of nitrogens with zero attached hydrogens (tertiary/aromatic N) is 2. The highest BCUT2D eigenvalue weighted by Crippen LogP contribution is 2.51. The van der Waals surface area contributed by atoms with E-state index in [1.54, 1.807) is 7.11 Å². The average molecular weight is 515 g/mol. The summed E-state index contributed by atoms with van der Waals surface area (Å²) in [5.41, 5.74) is 1.41. The number of hydrogen-bond donors (Lipinski definition) is 1. The summed E-state index contributed by atoms with van der Waals surface area (Å²) in [5.74, 6) is 1.97. The smallest absolute Gasteiger partial charge is 0.194 e. The highest BCUT2D eigenvalue weighted by Gasteiger charge is 2.46. The molecule has 2 atom stereocenters. The maximum absolute atomic E-state index is 6.01. The number of para-hydroxylation sites is 1. The lowest BCUT2D eigenvalue weighted by Crippen LogP contribution is -2.53. The van der Waals surface area contributed by atoms with Crippen molar-refractivity contribution in [1.29, 1.82) is 0 Å². The standard InChI is InChI=1S/C22H33N3O3.HI/c1-3-23-21(25-12-14-28-20(15-25)19-9-6-13-27-19)24-16-22(10-11-22)17-7-4-5-8-18(17)26-2;/h4-5,7-8,19-20H,3,6,9-16H2,1-2H3,(H,23,24);1H. The van der Waals surface area contributed by atoms with Gasteiger partial charge in [0, 0.05) is 37.2 Å². The minimum absolute atomic E-state index is 0. The third kappa shape index (κ3) is 5.17. The monoisotopic (exact) mass is 515 g/mol. The first-order chi connectivity index (χ1) is 13.8. The predicted molar refractivity (Wildman–Crippen MR) is 126 cm³/mol. The van der Waals surface area contributed by atoms with Crippen LogP contribution in [0.2, 0.25) is 0 Å². The molecule has 2 unspecified atom stereocenters. The molecule has 1 saturated carbocycles. The Hall–Kier alpha value is -1.06. The molecule has 6 nitrogen and oxygen atoms in total. The summed E-state index contributed by atoms with van der Waals surface area (Å²) in [6.07, 6.45) is 4.94. The normalized spacial score (nSPS) is 26.0. The van der Waals surface area contributed by atoms with Crippen LogP contribution in [-0.4, -0.2) is 69.6 Å². The molecule has 0 bridgehead atoms. The Labute approximate surface area is 191 Å². The van der Waals surface area contributed by atoms with Crippen molar-refractivity contribution >= 4 is 29.9 Å². The molecular formula is C22H34IN3O3. The molecule has 0 radical (unpaired) electrons. The Morgan fingerprint density at radius 3 is 2.72 bits per heavy atom. The molecule has 0 aromatic heterocycles. The van der Waals surface area contributed by atoms with Crippen molar-refractivity contribution in [3.05, 3.63) is 29.8 Å². The maximum Gasteiger partial charge on any atom is 0.194 e. The van der Waals surface area contributed by atoms with E-state index < -0.39 is 0 Å². The van der Waals surface area contributed by atoms with Gasteiger partial charge in [-0.2, -0.15) is 0 Å². The molecule has 0 amide bonds. The summed E-state index contributed by atoms with van der Waals surface area (Å²) in [6.45, 7) is 7.09. The van der Waals surface area contributed by atoms with Crippen molar-refractivity contribution < 1.29 is 14.2 Å². The quantitative estimate of drug-likeness (QED) is 0.359. The molecule has 2 aliphatic heterocycles. The first-order valence-corrected chi connectivity index (χ1v) is 10.7. The second-order valence-electron chi connectivity index (χ2n) is 8.06. The fourth-order valence-electron chi connectivity index (χ4n) is 4.39. The molecule has 1 aliphatic carbocycles. The van der Waals surface area contributed by atoms with Gasteiger partial charge < -0.3 is 24.4 Å². The molecule has 3 aliphatic rings. The highest BCUT2D eigenvalue weighted by atomic mass is 127. The van der Waals surface area contributed by atoms with E-state index in [1.807, 2.05) is 6.07 Å². The van der Waals surface area contributed by atoms with E-state index >= 15 is 0 Å². The van der Waals surface area contributed by atoms with E-state index in [0.29, 0.717) is 0 Å². The Morgan fingerprint density at radius 2 is 2.03 bits per heavy atom. The highest BCUT2D eigenvalue weighted by molar-refractivity contribution is 14.0. The zero-order chi connectivity index (χ0) is 19.4. The van der Waals surface area contributed by atoms with Crippen LogP contribution in [0.3, 0.4) is 0 Å². The lowest BCUT2D eigenvalue weighted by molar-refractivity contribution is -0.0817. The van der Waals surface area contributed by atoms with Crippen molar-refractivity contribution in [2.24, 2.45) is 4.99 Å². The van der Waals surface area contributed by atoms with Crippen LogP contribution in [0.1, 0.15) is 38.2 Å². The van der Waals surface area contributed by atoms with Crippen LogP contribution in [-0.2, 0) is 14.9 Å². The van der Waals surface area contributed by atoms with E-state index in [9.17, 15) is 0 Å². The number of rotatable bonds is 6. The third-order valence-electron chi connectivity index (χ3n) is 6.17. The van der Waals surface area contributed by atoms with Gasteiger partial charge >= 0.3 is 0 Å². The van der Waals surface area contributed by atoms with Crippen molar-refractivity contribution in [1.82, 2.24) is 10.2 Å². The molecule has 2 heterocycles. The molecule has 1 N–H and O–H groups in total. The van der Waals surface area contributed by atoms with Gasteiger partial charge in [-0.15, -0.1) is 24.0 Å². The van der Waals surface area contributed by atoms with Gasteiger partial charge in [0.25, 0.3) is 0 Å². The summed E-state index contributed by atoms with van der Waals surface area (Å²) >= 11 is 0. The summed E-state index contributed by atoms with van der Waals surface area (Å²) in [7, 11) is 1.75. The Morgan fingerprint density at radius 1 is 1.24 bits per heavy atom. The van der Waals surface area contributed by atoms with Crippen molar-refractivity contribution in [2.75, 3.05) is 46.5 Å². The molecule has 4 rings (SSSR count). The zero-order valence-corrected chi connectivity index (χ0v) is 19.9. The van der Waals surface area contributed by atoms with E-state index in [1.165, 1.54) is 5.56 Å². The Bertz CT molecular complexity index is 690. The first-order valence-electron chi connectivity index (χ1n) is 10.7. The first kappa shape index (κ1) is 22.6. The fraction of sp³-hybridized carbons (Fsp3) is 0.682. The molecule has 1 aromatic carbocycles. The molecule has 1 aromatic rings. The SMILES string of the molecule is CCNC(=NCC1(c2ccccc2OC)CC1)N1CCOC(C2CCCO2)C1.I. The van der Waals surface area contributed by atoms with E-state index in [4.69, 9.17) is 19.2 Å². The Kier molecular flexibility index (Phi) is 8.04. The minimum atomic E-state index is 0. The van der Waals surface area contributed by atoms with Gasteiger partial charge in [-0.3, -0.25) is 4.99 Å². The number of aliphatic imine (C=N–C) groups is 1. The molecule has 7 heteroatoms. The van der Waals surface area contributed by atoms with Crippen LogP contribution in [0.25, 0.3) is 0 Å². The number of guanidine groups is 1. The van der Waals surface area contributed by atoms with Crippen LogP contribution in [0, 0.1) is 0 Å². The Balaban J connectivity index is 0.00000240. The molecule has 0 spiro atoms. The second-order valence-corrected chi connectivity index (χ2v) is 8.06. The van der Waals surface area contributed by atoms with Crippen LogP contribution in [0.15, 0.2) is 29.3 Å². The fourth-order valence-corrected chi connectivity index (χ4v) is 4.39. The van der Waals surface area contributed by atoms with E-state index in [-0.39, 0.29) is 41.6 Å². The van der Waals surface area contributed by atoms with Crippen LogP contribution < -0.4 is 10.1 Å². The number of morpholine rings is 1. The second kappa shape index (κ2) is 10.3. The number of methoxy groups -OCH3 is 1. The van der Waals surface area contributed by atoms with Gasteiger partial charge in [-0.25, -0.2) is 0 Å². The molecular weight excluding hydrogens is 481 g/mol. The topological polar surface area (TPSA) is 55.3 Å². The maximum atomic E-state index is 6.01. The summed E-state index contributed by atoms with van der Waals surface area (Å²) in [6, 6.07) is 8.38. The lowest BCUT2D eigenvalue weighted by atomic mass is 9.95. The zero-order valence-electron chi connectivity index (χ0n) is 17.6. The number of nitrogens with one attached hydrogen (secondary N) is 1. The van der Waals surface area contributed by atoms with Crippen LogP contribution in [0.5, 0.6) is 5.75 Å². The number of ether oxygens (including phenoxy) is 3. The molecule has 29 heavy (non-hydrogen) atoms. The van der Waals surface area contributed by atoms with Gasteiger partial charge in [0.1, 0.15) is 11.9 Å². The number of hydrogen-bond acceptors (Lipinski definition) is 4. The summed E-state index contributed by atoms with van der Waals surface area (Å²) in [5, 5.41) is 3.49. The number of benzene rings is 1. The summed E-state index contributed by atoms with van der Waals surface area (Å²) in [4.78, 5) is 7.41. The van der Waals surface area contributed by atoms with E-state index in [2.05, 4.69) is 35.3 Å². The molecule has 2 saturated heterocycles.